The highest BCUT2D eigenvalue weighted by Gasteiger charge is 2.24. The Morgan fingerprint density at radius 3 is 2.41 bits per heavy atom. The van der Waals surface area contributed by atoms with Crippen LogP contribution in [0.2, 0.25) is 0 Å². The van der Waals surface area contributed by atoms with Crippen molar-refractivity contribution in [2.24, 2.45) is 5.92 Å². The van der Waals surface area contributed by atoms with E-state index in [1.807, 2.05) is 35.2 Å². The number of nitrogens with zero attached hydrogens (tertiary/aromatic N) is 3. The quantitative estimate of drug-likeness (QED) is 0.528. The lowest BCUT2D eigenvalue weighted by Crippen LogP contribution is -2.30. The summed E-state index contributed by atoms with van der Waals surface area (Å²) < 4.78 is 34.2. The van der Waals surface area contributed by atoms with Gasteiger partial charge in [0.25, 0.3) is 10.0 Å². The molecule has 0 saturated carbocycles. The molecule has 0 radical (unpaired) electrons. The molecule has 2 heterocycles. The second-order valence-corrected chi connectivity index (χ2v) is 11.3. The number of hydrogen-bond acceptors (Lipinski definition) is 6. The largest absolute Gasteiger partial charge is 0.452 e. The molecule has 0 aliphatic carbocycles. The minimum atomic E-state index is -4.17. The normalized spacial score (nSPS) is 12.1. The molecule has 9 heteroatoms. The summed E-state index contributed by atoms with van der Waals surface area (Å²) in [6.45, 7) is 11.2. The first-order valence-corrected chi connectivity index (χ1v) is 12.6. The van der Waals surface area contributed by atoms with Crippen LogP contribution in [-0.2, 0) is 33.1 Å². The fourth-order valence-corrected chi connectivity index (χ4v) is 4.80. The number of benzene rings is 1. The summed E-state index contributed by atoms with van der Waals surface area (Å²) in [6.07, 6.45) is 4.70. The Kier molecular flexibility index (Phi) is 7.45. The van der Waals surface area contributed by atoms with Crippen LogP contribution in [0, 0.1) is 5.92 Å². The van der Waals surface area contributed by atoms with Gasteiger partial charge >= 0.3 is 6.09 Å². The summed E-state index contributed by atoms with van der Waals surface area (Å²) in [5, 5.41) is 0. The van der Waals surface area contributed by atoms with Gasteiger partial charge in [0.2, 0.25) is 0 Å². The number of hydrogen-bond donors (Lipinski definition) is 1. The molecule has 0 fully saturated rings. The van der Waals surface area contributed by atoms with Crippen molar-refractivity contribution in [3.05, 3.63) is 66.0 Å². The molecule has 0 aliphatic rings. The summed E-state index contributed by atoms with van der Waals surface area (Å²) in [5.41, 5.74) is 2.94. The molecule has 0 bridgehead atoms. The van der Waals surface area contributed by atoms with Gasteiger partial charge in [-0.15, -0.1) is 0 Å². The Hall–Kier alpha value is -3.20. The molecule has 8 nitrogen and oxygen atoms in total. The van der Waals surface area contributed by atoms with Crippen LogP contribution >= 0.6 is 0 Å². The fourth-order valence-electron chi connectivity index (χ4n) is 3.73. The van der Waals surface area contributed by atoms with E-state index in [1.54, 1.807) is 12.3 Å². The van der Waals surface area contributed by atoms with Crippen LogP contribution in [0.15, 0.2) is 53.8 Å². The summed E-state index contributed by atoms with van der Waals surface area (Å²) >= 11 is 0. The highest BCUT2D eigenvalue weighted by molar-refractivity contribution is 7.90. The van der Waals surface area contributed by atoms with Gasteiger partial charge in [-0.3, -0.25) is 4.98 Å². The molecule has 182 valence electrons. The number of aromatic nitrogens is 3. The van der Waals surface area contributed by atoms with E-state index in [0.717, 1.165) is 24.2 Å². The number of pyridine rings is 1. The van der Waals surface area contributed by atoms with E-state index in [-0.39, 0.29) is 10.3 Å². The standard InChI is InChI=1S/C25H32N4O4S/c1-17(2)13-20-14-21(22(15-27-20)34(31,32)28-24(30)33-6)19-9-7-18(8-10-19)16-29-12-11-26-23(29)25(3,4)5/h7-12,14-15,17H,13,16H2,1-6H3,(H,28,30). The topological polar surface area (TPSA) is 103 Å². The summed E-state index contributed by atoms with van der Waals surface area (Å²) in [7, 11) is -3.06. The van der Waals surface area contributed by atoms with E-state index in [0.29, 0.717) is 30.0 Å². The van der Waals surface area contributed by atoms with Gasteiger partial charge in [-0.1, -0.05) is 58.9 Å². The molecule has 3 aromatic rings. The van der Waals surface area contributed by atoms with Crippen LogP contribution in [0.3, 0.4) is 0 Å². The molecule has 0 unspecified atom stereocenters. The predicted octanol–water partition coefficient (Wildman–Crippen LogP) is 4.53. The van der Waals surface area contributed by atoms with Crippen molar-refractivity contribution >= 4 is 16.1 Å². The smallest absolute Gasteiger partial charge is 0.420 e. The molecule has 1 amide bonds. The monoisotopic (exact) mass is 484 g/mol. The number of imidazole rings is 1. The van der Waals surface area contributed by atoms with Gasteiger partial charge < -0.3 is 9.30 Å². The Bertz CT molecular complexity index is 1260. The maximum absolute atomic E-state index is 12.9. The molecule has 34 heavy (non-hydrogen) atoms. The van der Waals surface area contributed by atoms with Crippen molar-refractivity contribution < 1.29 is 17.9 Å². The molecule has 3 rings (SSSR count). The number of sulfonamides is 1. The third-order valence-corrected chi connectivity index (χ3v) is 6.58. The fraction of sp³-hybridized carbons (Fsp3) is 0.400. The first-order chi connectivity index (χ1) is 15.9. The highest BCUT2D eigenvalue weighted by atomic mass is 32.2. The molecular weight excluding hydrogens is 452 g/mol. The number of nitrogens with one attached hydrogen (secondary N) is 1. The van der Waals surface area contributed by atoms with Crippen LogP contribution < -0.4 is 4.72 Å². The van der Waals surface area contributed by atoms with E-state index < -0.39 is 16.1 Å². The zero-order valence-electron chi connectivity index (χ0n) is 20.5. The molecule has 0 aliphatic heterocycles. The molecule has 0 atom stereocenters. The minimum absolute atomic E-state index is 0.0802. The third-order valence-electron chi connectivity index (χ3n) is 5.24. The molecule has 1 N–H and O–H groups in total. The lowest BCUT2D eigenvalue weighted by Gasteiger charge is -2.20. The van der Waals surface area contributed by atoms with Gasteiger partial charge in [0.1, 0.15) is 10.7 Å². The number of ether oxygens (including phenoxy) is 1. The van der Waals surface area contributed by atoms with Crippen molar-refractivity contribution in [1.82, 2.24) is 19.3 Å². The molecule has 0 saturated heterocycles. The average Bonchev–Trinajstić information content (AvgIpc) is 3.22. The van der Waals surface area contributed by atoms with Crippen molar-refractivity contribution in [1.29, 1.82) is 0 Å². The van der Waals surface area contributed by atoms with Crippen molar-refractivity contribution in [2.45, 2.75) is 57.9 Å². The molecule has 2 aromatic heterocycles. The average molecular weight is 485 g/mol. The van der Waals surface area contributed by atoms with Gasteiger partial charge in [-0.2, -0.15) is 0 Å². The van der Waals surface area contributed by atoms with Crippen LogP contribution in [0.25, 0.3) is 11.1 Å². The Balaban J connectivity index is 1.99. The van der Waals surface area contributed by atoms with Gasteiger partial charge in [-0.05, 0) is 29.5 Å². The van der Waals surface area contributed by atoms with Crippen LogP contribution in [0.4, 0.5) is 4.79 Å². The second-order valence-electron chi connectivity index (χ2n) is 9.69. The van der Waals surface area contributed by atoms with E-state index in [4.69, 9.17) is 0 Å². The zero-order valence-corrected chi connectivity index (χ0v) is 21.3. The number of carbonyl (C=O) groups is 1. The molecule has 0 spiro atoms. The zero-order chi connectivity index (χ0) is 25.1. The molecule has 1 aromatic carbocycles. The highest BCUT2D eigenvalue weighted by Crippen LogP contribution is 2.29. The number of carbonyl (C=O) groups excluding carboxylic acids is 1. The number of rotatable bonds is 7. The summed E-state index contributed by atoms with van der Waals surface area (Å²) in [6, 6.07) is 9.47. The van der Waals surface area contributed by atoms with Gasteiger partial charge in [-0.25, -0.2) is 22.9 Å². The van der Waals surface area contributed by atoms with Gasteiger partial charge in [0.15, 0.2) is 0 Å². The number of methoxy groups -OCH3 is 1. The van der Waals surface area contributed by atoms with Gasteiger partial charge in [0.05, 0.1) is 7.11 Å². The van der Waals surface area contributed by atoms with Crippen LogP contribution in [0.5, 0.6) is 0 Å². The first kappa shape index (κ1) is 25.4. The SMILES string of the molecule is COC(=O)NS(=O)(=O)c1cnc(CC(C)C)cc1-c1ccc(Cn2ccnc2C(C)(C)C)cc1. The van der Waals surface area contributed by atoms with Crippen molar-refractivity contribution in [2.75, 3.05) is 7.11 Å². The van der Waals surface area contributed by atoms with Crippen molar-refractivity contribution in [3.63, 3.8) is 0 Å². The lowest BCUT2D eigenvalue weighted by atomic mass is 9.95. The Morgan fingerprint density at radius 2 is 1.82 bits per heavy atom. The van der Waals surface area contributed by atoms with Gasteiger partial charge in [0, 0.05) is 41.8 Å². The van der Waals surface area contributed by atoms with Crippen LogP contribution in [0.1, 0.15) is 51.7 Å². The van der Waals surface area contributed by atoms with E-state index in [9.17, 15) is 13.2 Å². The van der Waals surface area contributed by atoms with Crippen LogP contribution in [-0.4, -0.2) is 36.2 Å². The maximum atomic E-state index is 12.9. The Labute approximate surface area is 201 Å². The molecular formula is C25H32N4O4S. The summed E-state index contributed by atoms with van der Waals surface area (Å²) in [4.78, 5) is 20.4. The third kappa shape index (κ3) is 6.02. The number of amides is 1. The minimum Gasteiger partial charge on any atom is -0.452 e. The Morgan fingerprint density at radius 1 is 1.15 bits per heavy atom. The maximum Gasteiger partial charge on any atom is 0.420 e. The second kappa shape index (κ2) is 9.97. The summed E-state index contributed by atoms with van der Waals surface area (Å²) in [5.74, 6) is 1.34. The van der Waals surface area contributed by atoms with Crippen molar-refractivity contribution in [3.8, 4) is 11.1 Å². The van der Waals surface area contributed by atoms with E-state index in [2.05, 4.69) is 53.9 Å². The van der Waals surface area contributed by atoms with E-state index >= 15 is 0 Å². The first-order valence-electron chi connectivity index (χ1n) is 11.1. The van der Waals surface area contributed by atoms with E-state index in [1.165, 1.54) is 6.20 Å². The predicted molar refractivity (Wildman–Crippen MR) is 131 cm³/mol. The lowest BCUT2D eigenvalue weighted by molar-refractivity contribution is 0.177.